The van der Waals surface area contributed by atoms with E-state index in [4.69, 9.17) is 4.74 Å². The van der Waals surface area contributed by atoms with Gasteiger partial charge in [-0.2, -0.15) is 0 Å². The van der Waals surface area contributed by atoms with Gasteiger partial charge in [0.1, 0.15) is 17.7 Å². The van der Waals surface area contributed by atoms with Crippen LogP contribution < -0.4 is 9.64 Å². The molecule has 1 unspecified atom stereocenters. The van der Waals surface area contributed by atoms with Crippen molar-refractivity contribution in [2.75, 3.05) is 32.1 Å². The fraction of sp³-hybridized carbons (Fsp3) is 0.389. The summed E-state index contributed by atoms with van der Waals surface area (Å²) in [5.74, 6) is -1.05. The SMILES string of the molecule is CN(C)c1nccnc1OC1CCCN(C(=O)c2ccc(F)cc2F)C1. The molecule has 1 aliphatic rings. The van der Waals surface area contributed by atoms with Crippen molar-refractivity contribution in [2.24, 2.45) is 0 Å². The van der Waals surface area contributed by atoms with Crippen molar-refractivity contribution in [3.63, 3.8) is 0 Å². The Balaban J connectivity index is 1.72. The first-order valence-electron chi connectivity index (χ1n) is 8.35. The minimum absolute atomic E-state index is 0.138. The first-order valence-corrected chi connectivity index (χ1v) is 8.35. The summed E-state index contributed by atoms with van der Waals surface area (Å²) in [5.41, 5.74) is -0.138. The number of aromatic nitrogens is 2. The van der Waals surface area contributed by atoms with Gasteiger partial charge in [0.25, 0.3) is 11.8 Å². The van der Waals surface area contributed by atoms with Gasteiger partial charge in [-0.05, 0) is 25.0 Å². The second-order valence-corrected chi connectivity index (χ2v) is 6.34. The number of rotatable bonds is 4. The Morgan fingerprint density at radius 2 is 2.04 bits per heavy atom. The molecule has 2 heterocycles. The average molecular weight is 362 g/mol. The molecular formula is C18H20F2N4O2. The zero-order valence-corrected chi connectivity index (χ0v) is 14.7. The lowest BCUT2D eigenvalue weighted by molar-refractivity contribution is 0.0524. The summed E-state index contributed by atoms with van der Waals surface area (Å²) in [6, 6.07) is 2.97. The van der Waals surface area contributed by atoms with Crippen LogP contribution in [0.3, 0.4) is 0 Å². The molecule has 2 aromatic rings. The summed E-state index contributed by atoms with van der Waals surface area (Å²) >= 11 is 0. The Labute approximate surface area is 150 Å². The van der Waals surface area contributed by atoms with Gasteiger partial charge in [-0.3, -0.25) is 4.79 Å². The first-order chi connectivity index (χ1) is 12.5. The second-order valence-electron chi connectivity index (χ2n) is 6.34. The molecule has 138 valence electrons. The van der Waals surface area contributed by atoms with E-state index in [1.165, 1.54) is 11.0 Å². The van der Waals surface area contributed by atoms with E-state index in [1.807, 2.05) is 14.1 Å². The standard InChI is InChI=1S/C18H20F2N4O2/c1-23(2)16-17(22-8-7-21-16)26-13-4-3-9-24(11-13)18(25)14-6-5-12(19)10-15(14)20/h5-8,10,13H,3-4,9,11H2,1-2H3. The van der Waals surface area contributed by atoms with Crippen LogP contribution in [0.25, 0.3) is 0 Å². The van der Waals surface area contributed by atoms with E-state index in [2.05, 4.69) is 9.97 Å². The van der Waals surface area contributed by atoms with Crippen LogP contribution in [0, 0.1) is 11.6 Å². The highest BCUT2D eigenvalue weighted by Gasteiger charge is 2.28. The van der Waals surface area contributed by atoms with Gasteiger partial charge in [0.2, 0.25) is 0 Å². The van der Waals surface area contributed by atoms with Gasteiger partial charge in [0.05, 0.1) is 12.1 Å². The van der Waals surface area contributed by atoms with E-state index < -0.39 is 17.5 Å². The molecule has 1 aromatic heterocycles. The molecule has 0 aliphatic carbocycles. The van der Waals surface area contributed by atoms with Crippen LogP contribution in [0.15, 0.2) is 30.6 Å². The van der Waals surface area contributed by atoms with Gasteiger partial charge in [-0.25, -0.2) is 18.7 Å². The summed E-state index contributed by atoms with van der Waals surface area (Å²) < 4.78 is 32.9. The van der Waals surface area contributed by atoms with Crippen molar-refractivity contribution < 1.29 is 18.3 Å². The maximum Gasteiger partial charge on any atom is 0.257 e. The van der Waals surface area contributed by atoms with E-state index in [0.29, 0.717) is 30.9 Å². The van der Waals surface area contributed by atoms with Crippen molar-refractivity contribution >= 4 is 11.7 Å². The number of carbonyl (C=O) groups is 1. The topological polar surface area (TPSA) is 58.6 Å². The minimum atomic E-state index is -0.859. The highest BCUT2D eigenvalue weighted by atomic mass is 19.1. The maximum atomic E-state index is 13.9. The first kappa shape index (κ1) is 18.0. The number of likely N-dealkylation sites (tertiary alicyclic amines) is 1. The molecule has 26 heavy (non-hydrogen) atoms. The third kappa shape index (κ3) is 3.89. The minimum Gasteiger partial charge on any atom is -0.470 e. The number of ether oxygens (including phenoxy) is 1. The van der Waals surface area contributed by atoms with E-state index in [9.17, 15) is 13.6 Å². The summed E-state index contributed by atoms with van der Waals surface area (Å²) in [4.78, 5) is 24.3. The van der Waals surface area contributed by atoms with E-state index in [0.717, 1.165) is 18.9 Å². The third-order valence-electron chi connectivity index (χ3n) is 4.18. The molecule has 0 radical (unpaired) electrons. The van der Waals surface area contributed by atoms with E-state index >= 15 is 0 Å². The normalized spacial score (nSPS) is 17.1. The molecule has 1 saturated heterocycles. The number of piperidine rings is 1. The Morgan fingerprint density at radius 1 is 1.27 bits per heavy atom. The zero-order chi connectivity index (χ0) is 18.7. The van der Waals surface area contributed by atoms with Crippen LogP contribution in [-0.2, 0) is 0 Å². The second kappa shape index (κ2) is 7.63. The van der Waals surface area contributed by atoms with E-state index in [1.54, 1.807) is 17.3 Å². The fourth-order valence-electron chi connectivity index (χ4n) is 2.92. The van der Waals surface area contributed by atoms with Crippen LogP contribution in [0.4, 0.5) is 14.6 Å². The fourth-order valence-corrected chi connectivity index (χ4v) is 2.92. The van der Waals surface area contributed by atoms with Gasteiger partial charge in [0, 0.05) is 39.1 Å². The molecule has 0 saturated carbocycles. The van der Waals surface area contributed by atoms with Gasteiger partial charge < -0.3 is 14.5 Å². The Morgan fingerprint density at radius 3 is 2.77 bits per heavy atom. The molecule has 0 spiro atoms. The number of anilines is 1. The lowest BCUT2D eigenvalue weighted by Crippen LogP contribution is -2.44. The Bertz CT molecular complexity index is 801. The van der Waals surface area contributed by atoms with Crippen LogP contribution in [0.5, 0.6) is 5.88 Å². The average Bonchev–Trinajstić information content (AvgIpc) is 2.62. The van der Waals surface area contributed by atoms with Gasteiger partial charge in [0.15, 0.2) is 5.82 Å². The lowest BCUT2D eigenvalue weighted by atomic mass is 10.1. The van der Waals surface area contributed by atoms with Crippen molar-refractivity contribution in [1.82, 2.24) is 14.9 Å². The van der Waals surface area contributed by atoms with Gasteiger partial charge in [-0.1, -0.05) is 0 Å². The Kier molecular flexibility index (Phi) is 5.29. The number of benzene rings is 1. The van der Waals surface area contributed by atoms with E-state index in [-0.39, 0.29) is 11.7 Å². The van der Waals surface area contributed by atoms with Crippen molar-refractivity contribution in [2.45, 2.75) is 18.9 Å². The van der Waals surface area contributed by atoms with Crippen molar-refractivity contribution in [3.8, 4) is 5.88 Å². The number of amides is 1. The van der Waals surface area contributed by atoms with Crippen LogP contribution >= 0.6 is 0 Å². The monoisotopic (exact) mass is 362 g/mol. The lowest BCUT2D eigenvalue weighted by Gasteiger charge is -2.33. The summed E-state index contributed by atoms with van der Waals surface area (Å²) in [5, 5.41) is 0. The van der Waals surface area contributed by atoms with Crippen molar-refractivity contribution in [1.29, 1.82) is 0 Å². The van der Waals surface area contributed by atoms with Crippen LogP contribution in [0.1, 0.15) is 23.2 Å². The summed E-state index contributed by atoms with van der Waals surface area (Å²) in [6.07, 6.45) is 4.32. The summed E-state index contributed by atoms with van der Waals surface area (Å²) in [6.45, 7) is 0.801. The van der Waals surface area contributed by atoms with Gasteiger partial charge in [-0.15, -0.1) is 0 Å². The molecule has 1 atom stereocenters. The van der Waals surface area contributed by atoms with Gasteiger partial charge >= 0.3 is 0 Å². The largest absolute Gasteiger partial charge is 0.470 e. The molecule has 1 amide bonds. The van der Waals surface area contributed by atoms with Crippen LogP contribution in [-0.4, -0.2) is 54.1 Å². The zero-order valence-electron chi connectivity index (χ0n) is 14.7. The Hall–Kier alpha value is -2.77. The molecule has 3 rings (SSSR count). The quantitative estimate of drug-likeness (QED) is 0.836. The molecule has 1 aromatic carbocycles. The number of nitrogens with zero attached hydrogens (tertiary/aromatic N) is 4. The number of hydrogen-bond donors (Lipinski definition) is 0. The molecule has 1 fully saturated rings. The predicted molar refractivity (Wildman–Crippen MR) is 92.3 cm³/mol. The maximum absolute atomic E-state index is 13.9. The van der Waals surface area contributed by atoms with Crippen LogP contribution in [0.2, 0.25) is 0 Å². The van der Waals surface area contributed by atoms with Crippen molar-refractivity contribution in [3.05, 3.63) is 47.8 Å². The highest BCUT2D eigenvalue weighted by Crippen LogP contribution is 2.25. The molecule has 8 heteroatoms. The molecular weight excluding hydrogens is 342 g/mol. The molecule has 0 bridgehead atoms. The number of hydrogen-bond acceptors (Lipinski definition) is 5. The predicted octanol–water partition coefficient (Wildman–Crippen LogP) is 2.50. The molecule has 0 N–H and O–H groups in total. The number of carbonyl (C=O) groups excluding carboxylic acids is 1. The molecule has 1 aliphatic heterocycles. The highest BCUT2D eigenvalue weighted by molar-refractivity contribution is 5.94. The summed E-state index contributed by atoms with van der Waals surface area (Å²) in [7, 11) is 3.68. The number of halogens is 2. The third-order valence-corrected chi connectivity index (χ3v) is 4.18. The smallest absolute Gasteiger partial charge is 0.257 e. The molecule has 6 nitrogen and oxygen atoms in total.